The fraction of sp³-hybridized carbons (Fsp3) is 0.519. The number of hydrazone groups is 1. The summed E-state index contributed by atoms with van der Waals surface area (Å²) >= 11 is 0. The zero-order chi connectivity index (χ0) is 23.3. The summed E-state index contributed by atoms with van der Waals surface area (Å²) in [4.78, 5) is 0. The number of nitrogens with two attached hydrogens (primary N) is 1. The monoisotopic (exact) mass is 457 g/mol. The second-order valence-corrected chi connectivity index (χ2v) is 9.55. The molecule has 2 atom stereocenters. The highest BCUT2D eigenvalue weighted by molar-refractivity contribution is 6.02. The minimum absolute atomic E-state index is 0.0898. The maximum absolute atomic E-state index is 14.8. The molecule has 2 aromatic carbocycles. The molecule has 2 aliphatic rings. The SMILES string of the molecule is NC[C@@H](F)C[C@@]1(c2ccccc2)CC(c2cc(F)ccc2F)=NN1CCCCCC1CCC1. The zero-order valence-corrected chi connectivity index (χ0v) is 19.2. The van der Waals surface area contributed by atoms with Crippen molar-refractivity contribution in [3.63, 3.8) is 0 Å². The van der Waals surface area contributed by atoms with Gasteiger partial charge in [0.2, 0.25) is 0 Å². The normalized spacial score (nSPS) is 21.7. The molecule has 1 saturated carbocycles. The molecular formula is C27H34F3N3. The summed E-state index contributed by atoms with van der Waals surface area (Å²) in [5.41, 5.74) is 6.41. The fourth-order valence-electron chi connectivity index (χ4n) is 5.17. The molecule has 0 radical (unpaired) electrons. The van der Waals surface area contributed by atoms with E-state index in [1.165, 1.54) is 38.2 Å². The number of hydrogen-bond acceptors (Lipinski definition) is 3. The summed E-state index contributed by atoms with van der Waals surface area (Å²) in [5.74, 6) is -0.146. The van der Waals surface area contributed by atoms with Crippen LogP contribution in [0.15, 0.2) is 53.6 Å². The molecular weight excluding hydrogens is 423 g/mol. The van der Waals surface area contributed by atoms with Crippen LogP contribution in [0.5, 0.6) is 0 Å². The molecule has 33 heavy (non-hydrogen) atoms. The summed E-state index contributed by atoms with van der Waals surface area (Å²) in [6.07, 6.45) is 7.75. The maximum Gasteiger partial charge on any atom is 0.132 e. The molecule has 0 unspecified atom stereocenters. The van der Waals surface area contributed by atoms with Crippen molar-refractivity contribution in [1.82, 2.24) is 5.01 Å². The van der Waals surface area contributed by atoms with Crippen molar-refractivity contribution in [1.29, 1.82) is 0 Å². The lowest BCUT2D eigenvalue weighted by atomic mass is 9.79. The molecule has 0 aromatic heterocycles. The van der Waals surface area contributed by atoms with Crippen LogP contribution in [-0.2, 0) is 5.54 Å². The van der Waals surface area contributed by atoms with Gasteiger partial charge < -0.3 is 5.73 Å². The van der Waals surface area contributed by atoms with E-state index in [-0.39, 0.29) is 18.5 Å². The van der Waals surface area contributed by atoms with Crippen LogP contribution in [0, 0.1) is 17.6 Å². The van der Waals surface area contributed by atoms with Gasteiger partial charge in [0.1, 0.15) is 17.8 Å². The molecule has 2 N–H and O–H groups in total. The van der Waals surface area contributed by atoms with E-state index >= 15 is 0 Å². The fourth-order valence-corrected chi connectivity index (χ4v) is 5.17. The summed E-state index contributed by atoms with van der Waals surface area (Å²) in [6, 6.07) is 13.1. The maximum atomic E-state index is 14.8. The Morgan fingerprint density at radius 2 is 1.85 bits per heavy atom. The minimum Gasteiger partial charge on any atom is -0.328 e. The summed E-state index contributed by atoms with van der Waals surface area (Å²) in [6.45, 7) is 0.546. The van der Waals surface area contributed by atoms with Gasteiger partial charge in [-0.1, -0.05) is 68.9 Å². The molecule has 0 amide bonds. The van der Waals surface area contributed by atoms with Gasteiger partial charge in [-0.15, -0.1) is 0 Å². The van der Waals surface area contributed by atoms with E-state index in [4.69, 9.17) is 10.8 Å². The van der Waals surface area contributed by atoms with Crippen LogP contribution in [-0.4, -0.2) is 30.0 Å². The van der Waals surface area contributed by atoms with Crippen LogP contribution in [0.2, 0.25) is 0 Å². The Balaban J connectivity index is 1.60. The average molecular weight is 458 g/mol. The molecule has 1 heterocycles. The van der Waals surface area contributed by atoms with Crippen molar-refractivity contribution >= 4 is 5.71 Å². The number of alkyl halides is 1. The van der Waals surface area contributed by atoms with Gasteiger partial charge in [0.05, 0.1) is 11.3 Å². The zero-order valence-electron chi connectivity index (χ0n) is 19.2. The molecule has 0 spiro atoms. The molecule has 4 rings (SSSR count). The predicted octanol–water partition coefficient (Wildman–Crippen LogP) is 6.32. The molecule has 3 nitrogen and oxygen atoms in total. The molecule has 178 valence electrons. The second kappa shape index (κ2) is 10.7. The largest absolute Gasteiger partial charge is 0.328 e. The van der Waals surface area contributed by atoms with Gasteiger partial charge in [0.25, 0.3) is 0 Å². The van der Waals surface area contributed by atoms with Crippen LogP contribution in [0.1, 0.15) is 68.9 Å². The van der Waals surface area contributed by atoms with E-state index in [9.17, 15) is 13.2 Å². The molecule has 2 aromatic rings. The first-order valence-electron chi connectivity index (χ1n) is 12.2. The van der Waals surface area contributed by atoms with Crippen LogP contribution in [0.4, 0.5) is 13.2 Å². The van der Waals surface area contributed by atoms with Crippen molar-refractivity contribution < 1.29 is 13.2 Å². The van der Waals surface area contributed by atoms with Gasteiger partial charge in [-0.25, -0.2) is 13.2 Å². The Labute approximate surface area is 194 Å². The van der Waals surface area contributed by atoms with E-state index in [1.54, 1.807) is 0 Å². The second-order valence-electron chi connectivity index (χ2n) is 9.55. The number of rotatable bonds is 11. The van der Waals surface area contributed by atoms with E-state index in [0.29, 0.717) is 18.7 Å². The molecule has 0 bridgehead atoms. The third kappa shape index (κ3) is 5.43. The first-order valence-corrected chi connectivity index (χ1v) is 12.2. The average Bonchev–Trinajstić information content (AvgIpc) is 3.16. The number of benzene rings is 2. The highest BCUT2D eigenvalue weighted by atomic mass is 19.1. The lowest BCUT2D eigenvalue weighted by Gasteiger charge is -2.39. The van der Waals surface area contributed by atoms with E-state index in [0.717, 1.165) is 36.5 Å². The molecule has 1 aliphatic carbocycles. The topological polar surface area (TPSA) is 41.6 Å². The Kier molecular flexibility index (Phi) is 7.74. The van der Waals surface area contributed by atoms with Crippen LogP contribution >= 0.6 is 0 Å². The molecule has 6 heteroatoms. The quantitative estimate of drug-likeness (QED) is 0.401. The van der Waals surface area contributed by atoms with Crippen molar-refractivity contribution in [3.05, 3.63) is 71.3 Å². The number of nitrogens with zero attached hydrogens (tertiary/aromatic N) is 2. The number of unbranched alkanes of at least 4 members (excludes halogenated alkanes) is 2. The Hall–Kier alpha value is -2.34. The third-order valence-corrected chi connectivity index (χ3v) is 7.27. The minimum atomic E-state index is -1.22. The highest BCUT2D eigenvalue weighted by Crippen LogP contribution is 2.44. The number of hydrogen-bond donors (Lipinski definition) is 1. The van der Waals surface area contributed by atoms with Crippen molar-refractivity contribution in [2.75, 3.05) is 13.1 Å². The van der Waals surface area contributed by atoms with Gasteiger partial charge in [0, 0.05) is 31.5 Å². The van der Waals surface area contributed by atoms with Crippen molar-refractivity contribution in [2.45, 2.75) is 69.5 Å². The highest BCUT2D eigenvalue weighted by Gasteiger charge is 2.46. The summed E-state index contributed by atoms with van der Waals surface area (Å²) in [5, 5.41) is 6.70. The molecule has 1 fully saturated rings. The number of halogens is 3. The summed E-state index contributed by atoms with van der Waals surface area (Å²) in [7, 11) is 0. The van der Waals surface area contributed by atoms with Crippen LogP contribution in [0.25, 0.3) is 0 Å². The first-order chi connectivity index (χ1) is 16.0. The Morgan fingerprint density at radius 3 is 2.55 bits per heavy atom. The van der Waals surface area contributed by atoms with Gasteiger partial charge in [0.15, 0.2) is 0 Å². The van der Waals surface area contributed by atoms with Crippen LogP contribution in [0.3, 0.4) is 0 Å². The first kappa shape index (κ1) is 23.8. The summed E-state index contributed by atoms with van der Waals surface area (Å²) < 4.78 is 43.4. The lowest BCUT2D eigenvalue weighted by Crippen LogP contribution is -2.43. The van der Waals surface area contributed by atoms with E-state index < -0.39 is 23.3 Å². The van der Waals surface area contributed by atoms with Gasteiger partial charge in [-0.05, 0) is 36.1 Å². The third-order valence-electron chi connectivity index (χ3n) is 7.27. The van der Waals surface area contributed by atoms with Gasteiger partial charge in [-0.3, -0.25) is 5.01 Å². The standard InChI is InChI=1S/C27H34F3N3/c28-22-13-14-25(30)24(16-22)26-18-27(17-23(29)19-31,21-11-4-1-5-12-21)33(32-26)15-6-2-3-8-20-9-7-10-20/h1,4-5,11-14,16,20,23H,2-3,6-10,15,17-19,31H2/t23-,27-/m0/s1. The van der Waals surface area contributed by atoms with Crippen molar-refractivity contribution in [2.24, 2.45) is 16.8 Å². The predicted molar refractivity (Wildman–Crippen MR) is 127 cm³/mol. The molecule has 1 aliphatic heterocycles. The van der Waals surface area contributed by atoms with Gasteiger partial charge >= 0.3 is 0 Å². The van der Waals surface area contributed by atoms with Gasteiger partial charge in [-0.2, -0.15) is 5.10 Å². The molecule has 0 saturated heterocycles. The van der Waals surface area contributed by atoms with E-state index in [1.807, 2.05) is 35.3 Å². The van der Waals surface area contributed by atoms with Crippen molar-refractivity contribution in [3.8, 4) is 0 Å². The lowest BCUT2D eigenvalue weighted by molar-refractivity contribution is 0.0745. The van der Waals surface area contributed by atoms with Crippen LogP contribution < -0.4 is 5.73 Å². The Morgan fingerprint density at radius 1 is 1.06 bits per heavy atom. The Bertz CT molecular complexity index is 945. The van der Waals surface area contributed by atoms with E-state index in [2.05, 4.69) is 0 Å². The smallest absolute Gasteiger partial charge is 0.132 e.